The molecule has 2 N–H and O–H groups in total. The fourth-order valence-electron chi connectivity index (χ4n) is 2.36. The van der Waals surface area contributed by atoms with Crippen LogP contribution in [0.2, 0.25) is 0 Å². The van der Waals surface area contributed by atoms with Gasteiger partial charge in [0, 0.05) is 18.4 Å². The molecule has 0 fully saturated rings. The van der Waals surface area contributed by atoms with Gasteiger partial charge in [0.2, 0.25) is 0 Å². The summed E-state index contributed by atoms with van der Waals surface area (Å²) in [6.07, 6.45) is -0.0105. The summed E-state index contributed by atoms with van der Waals surface area (Å²) in [7, 11) is -3.64. The first-order valence-electron chi connectivity index (χ1n) is 8.67. The van der Waals surface area contributed by atoms with Crippen molar-refractivity contribution in [1.82, 2.24) is 5.16 Å². The molecular weight excluding hydrogens is 420 g/mol. The first-order valence-corrected chi connectivity index (χ1v) is 10.6. The molecule has 0 saturated heterocycles. The molecule has 0 aliphatic carbocycles. The molecule has 162 valence electrons. The number of nitrogens with one attached hydrogen (secondary N) is 2. The van der Waals surface area contributed by atoms with Gasteiger partial charge in [-0.1, -0.05) is 12.1 Å². The number of carbonyl (C=O) groups excluding carboxylic acids is 2. The lowest BCUT2D eigenvalue weighted by Crippen LogP contribution is -2.34. The van der Waals surface area contributed by atoms with E-state index in [1.54, 1.807) is 13.8 Å². The number of hydrogen-bond donors (Lipinski definition) is 2. The van der Waals surface area contributed by atoms with Gasteiger partial charge in [-0.05, 0) is 25.5 Å². The number of sulfone groups is 1. The van der Waals surface area contributed by atoms with Crippen LogP contribution < -0.4 is 10.6 Å². The lowest BCUT2D eigenvalue weighted by atomic mass is 10.2. The van der Waals surface area contributed by atoms with Gasteiger partial charge in [0.25, 0.3) is 11.6 Å². The number of hydrogen-bond acceptors (Lipinski definition) is 10. The van der Waals surface area contributed by atoms with E-state index in [4.69, 9.17) is 9.26 Å². The van der Waals surface area contributed by atoms with Crippen molar-refractivity contribution in [3.63, 3.8) is 0 Å². The minimum atomic E-state index is -3.64. The molecule has 0 spiro atoms. The van der Waals surface area contributed by atoms with E-state index < -0.39 is 45.0 Å². The number of carbonyl (C=O) groups is 2. The van der Waals surface area contributed by atoms with Gasteiger partial charge >= 0.3 is 5.97 Å². The zero-order valence-electron chi connectivity index (χ0n) is 16.4. The van der Waals surface area contributed by atoms with Crippen LogP contribution in [0, 0.1) is 17.0 Å². The molecule has 0 bridgehead atoms. The highest BCUT2D eigenvalue weighted by atomic mass is 32.2. The molecule has 30 heavy (non-hydrogen) atoms. The molecule has 0 radical (unpaired) electrons. The second kappa shape index (κ2) is 9.35. The largest absolute Gasteiger partial charge is 0.451 e. The summed E-state index contributed by atoms with van der Waals surface area (Å²) in [6.45, 7) is 2.80. The standard InChI is InChI=1S/C17H20N4O8S/c1-4-14(17(23)19-15-7-10(2)29-20-15)28-16(22)9-18-12-6-5-11(30(3,26)27)8-13(12)21(24)25/h5-8,14,18H,4,9H2,1-3H3,(H,19,20,23). The summed E-state index contributed by atoms with van der Waals surface area (Å²) < 4.78 is 33.1. The van der Waals surface area contributed by atoms with Crippen LogP contribution in [0.25, 0.3) is 0 Å². The number of amides is 1. The van der Waals surface area contributed by atoms with Gasteiger partial charge in [-0.25, -0.2) is 8.42 Å². The van der Waals surface area contributed by atoms with Crippen molar-refractivity contribution < 1.29 is 32.2 Å². The van der Waals surface area contributed by atoms with E-state index in [9.17, 15) is 28.1 Å². The lowest BCUT2D eigenvalue weighted by Gasteiger charge is -2.15. The fraction of sp³-hybridized carbons (Fsp3) is 0.353. The Labute approximate surface area is 171 Å². The molecule has 0 aliphatic rings. The predicted molar refractivity (Wildman–Crippen MR) is 105 cm³/mol. The summed E-state index contributed by atoms with van der Waals surface area (Å²) in [5.74, 6) is -0.785. The van der Waals surface area contributed by atoms with Crippen LogP contribution in [0.4, 0.5) is 17.2 Å². The van der Waals surface area contributed by atoms with Gasteiger partial charge in [0.05, 0.1) is 9.82 Å². The summed E-state index contributed by atoms with van der Waals surface area (Å²) in [5, 5.41) is 19.8. The van der Waals surface area contributed by atoms with Crippen LogP contribution in [-0.4, -0.2) is 49.3 Å². The third-order valence-corrected chi connectivity index (χ3v) is 4.94. The highest BCUT2D eigenvalue weighted by Gasteiger charge is 2.23. The molecule has 1 unspecified atom stereocenters. The number of nitro benzene ring substituents is 1. The second-order valence-electron chi connectivity index (χ2n) is 6.26. The lowest BCUT2D eigenvalue weighted by molar-refractivity contribution is -0.384. The van der Waals surface area contributed by atoms with E-state index in [1.807, 2.05) is 0 Å². The van der Waals surface area contributed by atoms with E-state index in [-0.39, 0.29) is 22.8 Å². The number of benzene rings is 1. The summed E-state index contributed by atoms with van der Waals surface area (Å²) in [6, 6.07) is 4.75. The number of aromatic nitrogens is 1. The molecular formula is C17H20N4O8S. The molecule has 2 rings (SSSR count). The number of esters is 1. The van der Waals surface area contributed by atoms with Crippen molar-refractivity contribution in [2.24, 2.45) is 0 Å². The molecule has 1 heterocycles. The SMILES string of the molecule is CCC(OC(=O)CNc1ccc(S(C)(=O)=O)cc1[N+](=O)[O-])C(=O)Nc1cc(C)on1. The highest BCUT2D eigenvalue weighted by molar-refractivity contribution is 7.90. The second-order valence-corrected chi connectivity index (χ2v) is 8.28. The number of aryl methyl sites for hydroxylation is 1. The van der Waals surface area contributed by atoms with Crippen molar-refractivity contribution >= 4 is 38.9 Å². The summed E-state index contributed by atoms with van der Waals surface area (Å²) >= 11 is 0. The molecule has 12 nitrogen and oxygen atoms in total. The van der Waals surface area contributed by atoms with Gasteiger partial charge in [0.1, 0.15) is 18.0 Å². The third-order valence-electron chi connectivity index (χ3n) is 3.83. The quantitative estimate of drug-likeness (QED) is 0.332. The average Bonchev–Trinajstić information content (AvgIpc) is 3.07. The molecule has 13 heteroatoms. The minimum absolute atomic E-state index is 0.0695. The van der Waals surface area contributed by atoms with Crippen molar-refractivity contribution in [3.05, 3.63) is 40.1 Å². The Morgan fingerprint density at radius 1 is 1.33 bits per heavy atom. The Hall–Kier alpha value is -3.48. The normalized spacial score (nSPS) is 12.1. The monoisotopic (exact) mass is 440 g/mol. The number of nitrogens with zero attached hydrogens (tertiary/aromatic N) is 2. The highest BCUT2D eigenvalue weighted by Crippen LogP contribution is 2.27. The average molecular weight is 440 g/mol. The maximum Gasteiger partial charge on any atom is 0.326 e. The van der Waals surface area contributed by atoms with E-state index in [1.165, 1.54) is 18.2 Å². The number of anilines is 2. The molecule has 1 atom stereocenters. The predicted octanol–water partition coefficient (Wildman–Crippen LogP) is 1.67. The third kappa shape index (κ3) is 6.01. The molecule has 0 saturated carbocycles. The Bertz CT molecular complexity index is 1060. The number of nitro groups is 1. The van der Waals surface area contributed by atoms with Crippen molar-refractivity contribution in [1.29, 1.82) is 0 Å². The van der Waals surface area contributed by atoms with Crippen molar-refractivity contribution in [3.8, 4) is 0 Å². The topological polar surface area (TPSA) is 171 Å². The minimum Gasteiger partial charge on any atom is -0.451 e. The van der Waals surface area contributed by atoms with Gasteiger partial charge in [-0.15, -0.1) is 0 Å². The smallest absolute Gasteiger partial charge is 0.326 e. The van der Waals surface area contributed by atoms with Crippen molar-refractivity contribution in [2.75, 3.05) is 23.4 Å². The number of ether oxygens (including phenoxy) is 1. The zero-order chi connectivity index (χ0) is 22.5. The Morgan fingerprint density at radius 3 is 2.57 bits per heavy atom. The Balaban J connectivity index is 2.02. The molecule has 1 aromatic heterocycles. The van der Waals surface area contributed by atoms with Crippen LogP contribution in [0.5, 0.6) is 0 Å². The first kappa shape index (κ1) is 22.8. The Morgan fingerprint density at radius 2 is 2.03 bits per heavy atom. The van der Waals surface area contributed by atoms with Crippen molar-refractivity contribution in [2.45, 2.75) is 31.3 Å². The molecule has 0 aliphatic heterocycles. The van der Waals surface area contributed by atoms with Crippen LogP contribution in [0.1, 0.15) is 19.1 Å². The van der Waals surface area contributed by atoms with Gasteiger partial charge in [0.15, 0.2) is 21.8 Å². The van der Waals surface area contributed by atoms with E-state index in [0.717, 1.165) is 12.3 Å². The Kier molecular flexibility index (Phi) is 7.10. The number of rotatable bonds is 9. The van der Waals surface area contributed by atoms with Gasteiger partial charge in [-0.3, -0.25) is 19.7 Å². The van der Waals surface area contributed by atoms with E-state index >= 15 is 0 Å². The maximum absolute atomic E-state index is 12.2. The van der Waals surface area contributed by atoms with Gasteiger partial charge in [-0.2, -0.15) is 0 Å². The van der Waals surface area contributed by atoms with E-state index in [2.05, 4.69) is 15.8 Å². The maximum atomic E-state index is 12.2. The molecule has 2 aromatic rings. The zero-order valence-corrected chi connectivity index (χ0v) is 17.2. The van der Waals surface area contributed by atoms with E-state index in [0.29, 0.717) is 5.76 Å². The van der Waals surface area contributed by atoms with Crippen LogP contribution >= 0.6 is 0 Å². The summed E-state index contributed by atoms with van der Waals surface area (Å²) in [4.78, 5) is 34.5. The van der Waals surface area contributed by atoms with Gasteiger partial charge < -0.3 is 19.9 Å². The summed E-state index contributed by atoms with van der Waals surface area (Å²) in [5.41, 5.74) is -0.586. The van der Waals surface area contributed by atoms with Crippen LogP contribution in [0.3, 0.4) is 0 Å². The first-order chi connectivity index (χ1) is 14.0. The molecule has 1 aromatic carbocycles. The fourth-order valence-corrected chi connectivity index (χ4v) is 3.01. The molecule has 1 amide bonds. The van der Waals surface area contributed by atoms with Crippen LogP contribution in [0.15, 0.2) is 33.7 Å². The van der Waals surface area contributed by atoms with Crippen LogP contribution in [-0.2, 0) is 24.2 Å².